The number of nitrogens with one attached hydrogen (secondary N) is 1. The lowest BCUT2D eigenvalue weighted by atomic mass is 10.2. The van der Waals surface area contributed by atoms with Crippen LogP contribution in [0.25, 0.3) is 0 Å². The van der Waals surface area contributed by atoms with Gasteiger partial charge in [0.25, 0.3) is 10.0 Å². The van der Waals surface area contributed by atoms with Gasteiger partial charge in [0.15, 0.2) is 28.8 Å². The van der Waals surface area contributed by atoms with Crippen molar-refractivity contribution < 1.29 is 31.2 Å². The first-order chi connectivity index (χ1) is 11.6. The van der Waals surface area contributed by atoms with Gasteiger partial charge in [-0.1, -0.05) is 5.16 Å². The van der Waals surface area contributed by atoms with Crippen molar-refractivity contribution in [3.63, 3.8) is 0 Å². The van der Waals surface area contributed by atoms with E-state index in [1.807, 2.05) is 0 Å². The molecule has 0 amide bonds. The van der Waals surface area contributed by atoms with Crippen molar-refractivity contribution in [3.8, 4) is 11.5 Å². The van der Waals surface area contributed by atoms with E-state index in [-0.39, 0.29) is 39.2 Å². The van der Waals surface area contributed by atoms with Gasteiger partial charge in [0, 0.05) is 12.1 Å². The molecule has 134 valence electrons. The van der Waals surface area contributed by atoms with Gasteiger partial charge in [-0.15, -0.1) is 0 Å². The van der Waals surface area contributed by atoms with Crippen molar-refractivity contribution >= 4 is 28.1 Å². The second-order valence-corrected chi connectivity index (χ2v) is 6.88. The van der Waals surface area contributed by atoms with Crippen molar-refractivity contribution in [3.05, 3.63) is 23.6 Å². The number of anilines is 1. The minimum Gasteiger partial charge on any atom is -0.479 e. The number of aliphatic imine (C=N–C) groups is 1. The van der Waals surface area contributed by atoms with Gasteiger partial charge < -0.3 is 14.0 Å². The smallest absolute Gasteiger partial charge is 0.433 e. The van der Waals surface area contributed by atoms with E-state index in [2.05, 4.69) is 26.3 Å². The van der Waals surface area contributed by atoms with Crippen LogP contribution in [0.4, 0.5) is 20.2 Å². The van der Waals surface area contributed by atoms with Crippen LogP contribution in [0.2, 0.25) is 0 Å². The molecule has 1 aromatic carbocycles. The zero-order valence-electron chi connectivity index (χ0n) is 13.2. The molecule has 0 spiro atoms. The highest BCUT2D eigenvalue weighted by Gasteiger charge is 2.39. The summed E-state index contributed by atoms with van der Waals surface area (Å²) >= 11 is 0. The fourth-order valence-electron chi connectivity index (χ4n) is 2.36. The Morgan fingerprint density at radius 1 is 1.32 bits per heavy atom. The number of alkyl halides is 2. The molecule has 0 fully saturated rings. The zero-order valence-corrected chi connectivity index (χ0v) is 14.0. The van der Waals surface area contributed by atoms with E-state index in [4.69, 9.17) is 9.26 Å². The normalized spacial score (nSPS) is 15.7. The summed E-state index contributed by atoms with van der Waals surface area (Å²) in [5, 5.41) is 3.58. The number of hydrogen-bond donors (Lipinski definition) is 1. The molecule has 1 aliphatic rings. The monoisotopic (exact) mass is 373 g/mol. The lowest BCUT2D eigenvalue weighted by molar-refractivity contribution is -0.208. The van der Waals surface area contributed by atoms with Gasteiger partial charge in [0.1, 0.15) is 5.69 Å². The molecule has 25 heavy (non-hydrogen) atoms. The van der Waals surface area contributed by atoms with E-state index in [1.165, 1.54) is 19.9 Å². The van der Waals surface area contributed by atoms with Crippen LogP contribution < -0.4 is 14.2 Å². The third-order valence-electron chi connectivity index (χ3n) is 3.37. The predicted molar refractivity (Wildman–Crippen MR) is 83.5 cm³/mol. The molecule has 11 heteroatoms. The van der Waals surface area contributed by atoms with Crippen LogP contribution in [0.3, 0.4) is 0 Å². The number of sulfonamides is 1. The summed E-state index contributed by atoms with van der Waals surface area (Å²) in [7, 11) is -4.10. The average molecular weight is 373 g/mol. The van der Waals surface area contributed by atoms with Gasteiger partial charge in [-0.05, 0) is 20.6 Å². The van der Waals surface area contributed by atoms with Crippen LogP contribution in [0, 0.1) is 13.8 Å². The zero-order chi connectivity index (χ0) is 18.4. The summed E-state index contributed by atoms with van der Waals surface area (Å²) in [5.74, 6) is -0.226. The lowest BCUT2D eigenvalue weighted by Crippen LogP contribution is -2.36. The quantitative estimate of drug-likeness (QED) is 0.827. The number of benzene rings is 1. The molecule has 0 aliphatic carbocycles. The lowest BCUT2D eigenvalue weighted by Gasteiger charge is -2.26. The number of aryl methyl sites for hydroxylation is 2. The number of aromatic nitrogens is 1. The number of fused-ring (bicyclic) bond motifs is 1. The average Bonchev–Trinajstić information content (AvgIpc) is 2.85. The van der Waals surface area contributed by atoms with E-state index in [0.717, 1.165) is 6.07 Å². The van der Waals surface area contributed by atoms with E-state index in [0.29, 0.717) is 0 Å². The fraction of sp³-hybridized carbons (Fsp3) is 0.286. The van der Waals surface area contributed by atoms with E-state index < -0.39 is 22.7 Å². The molecule has 0 saturated heterocycles. The fourth-order valence-corrected chi connectivity index (χ4v) is 3.76. The number of rotatable bonds is 4. The Labute approximate surface area is 141 Å². The molecule has 1 N–H and O–H groups in total. The summed E-state index contributed by atoms with van der Waals surface area (Å²) < 4.78 is 68.3. The topological polar surface area (TPSA) is 103 Å². The van der Waals surface area contributed by atoms with Crippen LogP contribution in [-0.4, -0.2) is 33.0 Å². The van der Waals surface area contributed by atoms with Crippen LogP contribution in [0.5, 0.6) is 11.5 Å². The molecule has 8 nitrogen and oxygen atoms in total. The molecule has 3 rings (SSSR count). The van der Waals surface area contributed by atoms with Crippen LogP contribution in [-0.2, 0) is 10.0 Å². The Morgan fingerprint density at radius 2 is 2.04 bits per heavy atom. The molecule has 2 aromatic rings. The van der Waals surface area contributed by atoms with Crippen LogP contribution in [0.15, 0.2) is 26.5 Å². The number of halogens is 2. The van der Waals surface area contributed by atoms with E-state index >= 15 is 0 Å². The van der Waals surface area contributed by atoms with Crippen molar-refractivity contribution in [1.82, 2.24) is 5.16 Å². The van der Waals surface area contributed by atoms with E-state index in [9.17, 15) is 17.2 Å². The first kappa shape index (κ1) is 17.1. The Bertz CT molecular complexity index is 936. The second kappa shape index (κ2) is 5.69. The first-order valence-electron chi connectivity index (χ1n) is 6.93. The standard InChI is InChI=1S/C14H13F2N3O5S/c1-7-13(8(2)24-18-7)25(20,21)19-10-5-12-11(4-9(10)17-3)22-6-14(15,16)23-12/h4-5,19H,3,6H2,1-2H3. The number of nitrogens with zero attached hydrogens (tertiary/aromatic N) is 2. The number of ether oxygens (including phenoxy) is 2. The SMILES string of the molecule is C=Nc1cc2c(cc1NS(=O)(=O)c1c(C)noc1C)OC(F)(F)CO2. The largest absolute Gasteiger partial charge is 0.479 e. The molecule has 0 saturated carbocycles. The summed E-state index contributed by atoms with van der Waals surface area (Å²) in [5.41, 5.74) is 0.139. The van der Waals surface area contributed by atoms with Crippen LogP contribution >= 0.6 is 0 Å². The molecule has 1 aromatic heterocycles. The third-order valence-corrected chi connectivity index (χ3v) is 4.98. The second-order valence-electron chi connectivity index (χ2n) is 5.26. The summed E-state index contributed by atoms with van der Waals surface area (Å²) in [6.07, 6.45) is -3.52. The first-order valence-corrected chi connectivity index (χ1v) is 8.41. The Hall–Kier alpha value is -2.69. The van der Waals surface area contributed by atoms with Gasteiger partial charge in [-0.3, -0.25) is 9.71 Å². The van der Waals surface area contributed by atoms with Crippen molar-refractivity contribution in [2.75, 3.05) is 11.3 Å². The van der Waals surface area contributed by atoms with Crippen molar-refractivity contribution in [2.24, 2.45) is 4.99 Å². The highest BCUT2D eigenvalue weighted by molar-refractivity contribution is 7.92. The molecular weight excluding hydrogens is 360 g/mol. The number of hydrogen-bond acceptors (Lipinski definition) is 7. The summed E-state index contributed by atoms with van der Waals surface area (Å²) in [6, 6.07) is 2.31. The highest BCUT2D eigenvalue weighted by atomic mass is 32.2. The van der Waals surface area contributed by atoms with Gasteiger partial charge in [-0.25, -0.2) is 8.42 Å². The van der Waals surface area contributed by atoms with Gasteiger partial charge >= 0.3 is 6.11 Å². The van der Waals surface area contributed by atoms with Gasteiger partial charge in [0.2, 0.25) is 0 Å². The Kier molecular flexibility index (Phi) is 3.90. The summed E-state index contributed by atoms with van der Waals surface area (Å²) in [6.45, 7) is 5.28. The van der Waals surface area contributed by atoms with Gasteiger partial charge in [0.05, 0.1) is 11.4 Å². The minimum atomic E-state index is -4.10. The molecule has 1 aliphatic heterocycles. The van der Waals surface area contributed by atoms with Crippen LogP contribution in [0.1, 0.15) is 11.5 Å². The molecule has 0 atom stereocenters. The maximum absolute atomic E-state index is 13.3. The molecular formula is C14H13F2N3O5S. The minimum absolute atomic E-state index is 0.00797. The molecule has 2 heterocycles. The molecule has 0 radical (unpaired) electrons. The van der Waals surface area contributed by atoms with E-state index in [1.54, 1.807) is 0 Å². The molecule has 0 bridgehead atoms. The van der Waals surface area contributed by atoms with Crippen molar-refractivity contribution in [2.45, 2.75) is 24.9 Å². The molecule has 0 unspecified atom stereocenters. The maximum atomic E-state index is 13.3. The Morgan fingerprint density at radius 3 is 2.64 bits per heavy atom. The summed E-state index contributed by atoms with van der Waals surface area (Å²) in [4.78, 5) is 3.54. The highest BCUT2D eigenvalue weighted by Crippen LogP contribution is 2.43. The van der Waals surface area contributed by atoms with Crippen molar-refractivity contribution in [1.29, 1.82) is 0 Å². The maximum Gasteiger partial charge on any atom is 0.433 e. The third kappa shape index (κ3) is 3.14. The predicted octanol–water partition coefficient (Wildman–Crippen LogP) is 2.79. The van der Waals surface area contributed by atoms with Gasteiger partial charge in [-0.2, -0.15) is 8.78 Å². The Balaban J connectivity index is 2.04.